The lowest BCUT2D eigenvalue weighted by atomic mass is 9.89. The molecule has 4 nitrogen and oxygen atoms in total. The van der Waals surface area contributed by atoms with E-state index in [1.165, 1.54) is 0 Å². The van der Waals surface area contributed by atoms with E-state index in [9.17, 15) is 13.6 Å². The van der Waals surface area contributed by atoms with Gasteiger partial charge in [0, 0.05) is 13.1 Å². The highest BCUT2D eigenvalue weighted by Gasteiger charge is 2.62. The van der Waals surface area contributed by atoms with E-state index in [1.807, 2.05) is 0 Å². The summed E-state index contributed by atoms with van der Waals surface area (Å²) in [6.45, 7) is -0.765. The summed E-state index contributed by atoms with van der Waals surface area (Å²) in [5, 5.41) is 19.3. The molecule has 0 unspecified atom stereocenters. The number of hydrogen-bond acceptors (Lipinski definition) is 3. The summed E-state index contributed by atoms with van der Waals surface area (Å²) in [5.41, 5.74) is -2.40. The molecule has 0 amide bonds. The molecule has 6 heteroatoms. The van der Waals surface area contributed by atoms with Gasteiger partial charge in [-0.15, -0.1) is 0 Å². The zero-order chi connectivity index (χ0) is 8.70. The molecule has 3 N–H and O–H groups in total. The molecule has 1 aliphatic rings. The van der Waals surface area contributed by atoms with Crippen molar-refractivity contribution in [2.24, 2.45) is 0 Å². The summed E-state index contributed by atoms with van der Waals surface area (Å²) in [5.74, 6) is -6.35. The molecule has 0 spiro atoms. The molecule has 0 aromatic heterocycles. The molecule has 64 valence electrons. The fourth-order valence-corrected chi connectivity index (χ4v) is 0.783. The third-order valence-corrected chi connectivity index (χ3v) is 1.69. The van der Waals surface area contributed by atoms with Gasteiger partial charge >= 0.3 is 11.9 Å². The van der Waals surface area contributed by atoms with Crippen LogP contribution in [0.1, 0.15) is 0 Å². The van der Waals surface area contributed by atoms with Gasteiger partial charge in [0.2, 0.25) is 0 Å². The maximum Gasteiger partial charge on any atom is 0.377 e. The van der Waals surface area contributed by atoms with Crippen LogP contribution >= 0.6 is 0 Å². The SMILES string of the molecule is O=C(O)C(F)(F)C1(O)CNC1. The Morgan fingerprint density at radius 1 is 1.55 bits per heavy atom. The van der Waals surface area contributed by atoms with Crippen LogP contribution in [0, 0.1) is 0 Å². The molecule has 1 heterocycles. The Labute approximate surface area is 60.8 Å². The molecule has 0 radical (unpaired) electrons. The number of carboxylic acids is 1. The summed E-state index contributed by atoms with van der Waals surface area (Å²) in [7, 11) is 0. The minimum atomic E-state index is -4.06. The Morgan fingerprint density at radius 2 is 2.00 bits per heavy atom. The third kappa shape index (κ3) is 0.982. The number of nitrogens with one attached hydrogen (secondary N) is 1. The number of carbonyl (C=O) groups is 1. The number of carboxylic acid groups (broad SMARTS) is 1. The number of halogens is 2. The van der Waals surface area contributed by atoms with Crippen molar-refractivity contribution in [2.45, 2.75) is 11.5 Å². The van der Waals surface area contributed by atoms with E-state index in [0.717, 1.165) is 0 Å². The van der Waals surface area contributed by atoms with E-state index in [2.05, 4.69) is 5.32 Å². The Hall–Kier alpha value is -0.750. The van der Waals surface area contributed by atoms with Crippen molar-refractivity contribution in [3.05, 3.63) is 0 Å². The standard InChI is InChI=1S/C5H7F2NO3/c6-5(7,3(9)10)4(11)1-8-2-4/h8,11H,1-2H2,(H,9,10). The van der Waals surface area contributed by atoms with Crippen LogP contribution in [0.15, 0.2) is 0 Å². The van der Waals surface area contributed by atoms with Crippen molar-refractivity contribution in [1.29, 1.82) is 0 Å². The molecule has 11 heavy (non-hydrogen) atoms. The van der Waals surface area contributed by atoms with Crippen LogP contribution in [0.3, 0.4) is 0 Å². The normalized spacial score (nSPS) is 22.5. The quantitative estimate of drug-likeness (QED) is 0.495. The van der Waals surface area contributed by atoms with Gasteiger partial charge in [0.15, 0.2) is 5.60 Å². The van der Waals surface area contributed by atoms with Crippen LogP contribution in [0.5, 0.6) is 0 Å². The van der Waals surface area contributed by atoms with Crippen molar-refractivity contribution in [1.82, 2.24) is 5.32 Å². The topological polar surface area (TPSA) is 69.6 Å². The Morgan fingerprint density at radius 3 is 2.09 bits per heavy atom. The summed E-state index contributed by atoms with van der Waals surface area (Å²) < 4.78 is 25.0. The van der Waals surface area contributed by atoms with E-state index in [4.69, 9.17) is 10.2 Å². The van der Waals surface area contributed by atoms with E-state index in [1.54, 1.807) is 0 Å². The first-order valence-electron chi connectivity index (χ1n) is 2.94. The zero-order valence-electron chi connectivity index (χ0n) is 5.47. The van der Waals surface area contributed by atoms with Crippen LogP contribution in [0.25, 0.3) is 0 Å². The molecule has 0 bridgehead atoms. The molecule has 0 saturated carbocycles. The summed E-state index contributed by atoms with van der Waals surface area (Å²) in [6, 6.07) is 0. The minimum Gasteiger partial charge on any atom is -0.477 e. The molecule has 1 aliphatic heterocycles. The van der Waals surface area contributed by atoms with E-state index in [0.29, 0.717) is 0 Å². The lowest BCUT2D eigenvalue weighted by molar-refractivity contribution is -0.219. The average Bonchev–Trinajstić information content (AvgIpc) is 1.82. The van der Waals surface area contributed by atoms with Gasteiger partial charge in [-0.05, 0) is 0 Å². The third-order valence-electron chi connectivity index (χ3n) is 1.69. The first-order chi connectivity index (χ1) is 4.90. The second-order valence-corrected chi connectivity index (χ2v) is 2.51. The molecule has 1 fully saturated rings. The zero-order valence-corrected chi connectivity index (χ0v) is 5.47. The number of aliphatic hydroxyl groups is 1. The first kappa shape index (κ1) is 8.35. The van der Waals surface area contributed by atoms with Crippen LogP contribution < -0.4 is 5.32 Å². The van der Waals surface area contributed by atoms with Crippen molar-refractivity contribution in [3.8, 4) is 0 Å². The van der Waals surface area contributed by atoms with Crippen LogP contribution in [0.2, 0.25) is 0 Å². The molecular formula is C5H7F2NO3. The van der Waals surface area contributed by atoms with Gasteiger partial charge in [-0.1, -0.05) is 0 Å². The Kier molecular flexibility index (Phi) is 1.61. The van der Waals surface area contributed by atoms with Crippen molar-refractivity contribution >= 4 is 5.97 Å². The maximum atomic E-state index is 12.5. The number of β-amino-alcohol motifs (C(OH)–C–C–N with tert-alkyl or cyclic N) is 1. The Balaban J connectivity index is 2.78. The highest BCUT2D eigenvalue weighted by atomic mass is 19.3. The van der Waals surface area contributed by atoms with Gasteiger partial charge in [-0.2, -0.15) is 8.78 Å². The Bertz CT molecular complexity index is 190. The second-order valence-electron chi connectivity index (χ2n) is 2.51. The molecule has 1 rings (SSSR count). The first-order valence-corrected chi connectivity index (χ1v) is 2.94. The van der Waals surface area contributed by atoms with Gasteiger partial charge in [0.25, 0.3) is 0 Å². The number of hydrogen-bond donors (Lipinski definition) is 3. The highest BCUT2D eigenvalue weighted by molar-refractivity contribution is 5.77. The fraction of sp³-hybridized carbons (Fsp3) is 0.800. The van der Waals surface area contributed by atoms with Gasteiger partial charge < -0.3 is 15.5 Å². The van der Waals surface area contributed by atoms with E-state index >= 15 is 0 Å². The molecular weight excluding hydrogens is 160 g/mol. The van der Waals surface area contributed by atoms with Crippen LogP contribution in [0.4, 0.5) is 8.78 Å². The number of alkyl halides is 2. The highest BCUT2D eigenvalue weighted by Crippen LogP contribution is 2.31. The van der Waals surface area contributed by atoms with Crippen LogP contribution in [-0.4, -0.2) is 40.8 Å². The van der Waals surface area contributed by atoms with E-state index < -0.39 is 17.5 Å². The largest absolute Gasteiger partial charge is 0.477 e. The van der Waals surface area contributed by atoms with Gasteiger partial charge in [0.1, 0.15) is 0 Å². The molecule has 0 atom stereocenters. The second kappa shape index (κ2) is 2.12. The lowest BCUT2D eigenvalue weighted by Gasteiger charge is -2.40. The molecule has 1 saturated heterocycles. The van der Waals surface area contributed by atoms with Crippen LogP contribution in [-0.2, 0) is 4.79 Å². The monoisotopic (exact) mass is 167 g/mol. The average molecular weight is 167 g/mol. The predicted octanol–water partition coefficient (Wildman–Crippen LogP) is -0.959. The molecule has 0 aliphatic carbocycles. The number of aliphatic carboxylic acids is 1. The summed E-state index contributed by atoms with van der Waals surface area (Å²) in [4.78, 5) is 9.92. The van der Waals surface area contributed by atoms with E-state index in [-0.39, 0.29) is 13.1 Å². The predicted molar refractivity (Wildman–Crippen MR) is 30.4 cm³/mol. The fourth-order valence-electron chi connectivity index (χ4n) is 0.783. The maximum absolute atomic E-state index is 12.5. The lowest BCUT2D eigenvalue weighted by Crippen LogP contribution is -2.71. The molecule has 0 aromatic rings. The van der Waals surface area contributed by atoms with Gasteiger partial charge in [0.05, 0.1) is 0 Å². The number of rotatable bonds is 2. The van der Waals surface area contributed by atoms with Crippen molar-refractivity contribution in [2.75, 3.05) is 13.1 Å². The summed E-state index contributed by atoms with van der Waals surface area (Å²) in [6.07, 6.45) is 0. The van der Waals surface area contributed by atoms with Gasteiger partial charge in [-0.3, -0.25) is 0 Å². The smallest absolute Gasteiger partial charge is 0.377 e. The van der Waals surface area contributed by atoms with Crippen molar-refractivity contribution in [3.63, 3.8) is 0 Å². The minimum absolute atomic E-state index is 0.383. The van der Waals surface area contributed by atoms with Crippen molar-refractivity contribution < 1.29 is 23.8 Å². The van der Waals surface area contributed by atoms with Gasteiger partial charge in [-0.25, -0.2) is 4.79 Å². The molecule has 0 aromatic carbocycles. The summed E-state index contributed by atoms with van der Waals surface area (Å²) >= 11 is 0.